The third kappa shape index (κ3) is 2.77. The quantitative estimate of drug-likeness (QED) is 0.410. The minimum Gasteiger partial charge on any atom is -0.502 e. The minimum absolute atomic E-state index is 0.139. The molecule has 0 amide bonds. The lowest BCUT2D eigenvalue weighted by Crippen LogP contribution is -2.13. The van der Waals surface area contributed by atoms with E-state index in [0.717, 1.165) is 16.3 Å². The number of nitrogens with two attached hydrogens (primary N) is 2. The van der Waals surface area contributed by atoms with E-state index in [9.17, 15) is 15.0 Å². The highest BCUT2D eigenvalue weighted by atomic mass is 16.4. The molecule has 4 aromatic rings. The van der Waals surface area contributed by atoms with Gasteiger partial charge in [-0.2, -0.15) is 0 Å². The van der Waals surface area contributed by atoms with E-state index >= 15 is 0 Å². The lowest BCUT2D eigenvalue weighted by Gasteiger charge is -2.08. The number of benzene rings is 3. The molecule has 6 heteroatoms. The normalized spacial score (nSPS) is 11.4. The van der Waals surface area contributed by atoms with Crippen LogP contribution < -0.4 is 16.5 Å². The number of anilines is 2. The molecular formula is C22H18N3O3+. The molecule has 0 aliphatic rings. The van der Waals surface area contributed by atoms with Crippen molar-refractivity contribution in [2.75, 3.05) is 11.5 Å². The zero-order valence-corrected chi connectivity index (χ0v) is 14.8. The van der Waals surface area contributed by atoms with Gasteiger partial charge >= 0.3 is 5.97 Å². The number of carbonyl (C=O) groups is 1. The lowest BCUT2D eigenvalue weighted by molar-refractivity contribution is -0.348. The summed E-state index contributed by atoms with van der Waals surface area (Å²) in [6.07, 6.45) is 3.43. The van der Waals surface area contributed by atoms with E-state index in [1.165, 1.54) is 0 Å². The van der Waals surface area contributed by atoms with Gasteiger partial charge in [0.1, 0.15) is 5.56 Å². The second-order valence-corrected chi connectivity index (χ2v) is 6.46. The number of hydrogen-bond donors (Lipinski definition) is 4. The van der Waals surface area contributed by atoms with Gasteiger partial charge in [-0.05, 0) is 35.2 Å². The van der Waals surface area contributed by atoms with E-state index in [-0.39, 0.29) is 11.3 Å². The number of rotatable bonds is 3. The fraction of sp³-hybridized carbons (Fsp3) is 0. The van der Waals surface area contributed by atoms with Crippen molar-refractivity contribution in [2.24, 2.45) is 0 Å². The highest BCUT2D eigenvalue weighted by Gasteiger charge is 2.22. The van der Waals surface area contributed by atoms with E-state index in [2.05, 4.69) is 4.98 Å². The number of nitrogens with one attached hydrogen (secondary N) is 1. The number of carboxylic acid groups (broad SMARTS) is 1. The van der Waals surface area contributed by atoms with Crippen molar-refractivity contribution in [1.29, 1.82) is 0 Å². The molecule has 0 fully saturated rings. The van der Waals surface area contributed by atoms with E-state index < -0.39 is 5.97 Å². The first-order chi connectivity index (χ1) is 13.5. The Balaban J connectivity index is 1.90. The number of para-hydroxylation sites is 1. The Bertz CT molecular complexity index is 1270. The molecule has 28 heavy (non-hydrogen) atoms. The molecule has 0 spiro atoms. The Kier molecular flexibility index (Phi) is 4.08. The van der Waals surface area contributed by atoms with Crippen LogP contribution >= 0.6 is 0 Å². The van der Waals surface area contributed by atoms with E-state index in [0.29, 0.717) is 28.0 Å². The fourth-order valence-corrected chi connectivity index (χ4v) is 3.42. The van der Waals surface area contributed by atoms with Gasteiger partial charge in [-0.15, -0.1) is 0 Å². The molecule has 0 bridgehead atoms. The largest absolute Gasteiger partial charge is 0.502 e. The van der Waals surface area contributed by atoms with Crippen molar-refractivity contribution in [3.8, 4) is 5.75 Å². The Labute approximate surface area is 160 Å². The van der Waals surface area contributed by atoms with Crippen LogP contribution in [0.15, 0.2) is 54.6 Å². The number of aromatic amines is 1. The first kappa shape index (κ1) is 17.4. The molecule has 1 aromatic heterocycles. The smallest absolute Gasteiger partial charge is 0.340 e. The summed E-state index contributed by atoms with van der Waals surface area (Å²) in [7, 11) is 0. The Hall–Kier alpha value is -4.06. The maximum Gasteiger partial charge on any atom is 0.340 e. The predicted octanol–water partition coefficient (Wildman–Crippen LogP) is 3.55. The third-order valence-electron chi connectivity index (χ3n) is 4.74. The highest BCUT2D eigenvalue weighted by Crippen LogP contribution is 2.32. The number of aromatic hydroxyl groups is 1. The molecule has 0 saturated heterocycles. The predicted molar refractivity (Wildman–Crippen MR) is 111 cm³/mol. The van der Waals surface area contributed by atoms with Crippen LogP contribution in [-0.4, -0.2) is 16.2 Å². The van der Waals surface area contributed by atoms with Crippen molar-refractivity contribution in [1.82, 2.24) is 0 Å². The molecule has 4 rings (SSSR count). The Morgan fingerprint density at radius 1 is 0.893 bits per heavy atom. The molecule has 0 aliphatic carbocycles. The fourth-order valence-electron chi connectivity index (χ4n) is 3.42. The molecule has 3 aromatic carbocycles. The SMILES string of the molecule is Nc1cccc2c(C=Cc3[nH+]c4ccccc4c(C(=O)O)c3O)ccc(N)c12. The number of hydrogen-bond acceptors (Lipinski definition) is 4. The van der Waals surface area contributed by atoms with Crippen LogP contribution in [0, 0.1) is 0 Å². The van der Waals surface area contributed by atoms with E-state index in [1.807, 2.05) is 18.2 Å². The van der Waals surface area contributed by atoms with Crippen molar-refractivity contribution >= 4 is 51.2 Å². The van der Waals surface area contributed by atoms with Gasteiger partial charge in [-0.1, -0.05) is 30.3 Å². The zero-order valence-electron chi connectivity index (χ0n) is 14.8. The molecule has 7 N–H and O–H groups in total. The summed E-state index contributed by atoms with van der Waals surface area (Å²) < 4.78 is 0. The summed E-state index contributed by atoms with van der Waals surface area (Å²) in [6, 6.07) is 16.1. The molecule has 6 nitrogen and oxygen atoms in total. The molecule has 0 saturated carbocycles. The Morgan fingerprint density at radius 2 is 1.61 bits per heavy atom. The van der Waals surface area contributed by atoms with Crippen LogP contribution in [0.4, 0.5) is 11.4 Å². The summed E-state index contributed by atoms with van der Waals surface area (Å²) in [4.78, 5) is 14.8. The van der Waals surface area contributed by atoms with Crippen molar-refractivity contribution < 1.29 is 20.0 Å². The summed E-state index contributed by atoms with van der Waals surface area (Å²) >= 11 is 0. The topological polar surface area (TPSA) is 124 Å². The maximum atomic E-state index is 11.7. The molecular weight excluding hydrogens is 354 g/mol. The first-order valence-electron chi connectivity index (χ1n) is 8.62. The van der Waals surface area contributed by atoms with Crippen LogP contribution in [0.2, 0.25) is 0 Å². The van der Waals surface area contributed by atoms with E-state index in [1.54, 1.807) is 48.6 Å². The lowest BCUT2D eigenvalue weighted by atomic mass is 10.0. The number of carboxylic acids is 1. The van der Waals surface area contributed by atoms with Gasteiger partial charge in [0.15, 0.2) is 0 Å². The second kappa shape index (κ2) is 6.59. The molecule has 1 heterocycles. The molecule has 0 unspecified atom stereocenters. The summed E-state index contributed by atoms with van der Waals surface area (Å²) in [5.41, 5.74) is 14.9. The summed E-state index contributed by atoms with van der Waals surface area (Å²) in [5, 5.41) is 22.2. The zero-order chi connectivity index (χ0) is 19.8. The first-order valence-corrected chi connectivity index (χ1v) is 8.62. The van der Waals surface area contributed by atoms with Crippen molar-refractivity contribution in [3.05, 3.63) is 71.4 Å². The van der Waals surface area contributed by atoms with Crippen LogP contribution in [0.3, 0.4) is 0 Å². The molecule has 0 radical (unpaired) electrons. The van der Waals surface area contributed by atoms with Crippen LogP contribution in [0.1, 0.15) is 21.6 Å². The Morgan fingerprint density at radius 3 is 2.39 bits per heavy atom. The number of aromatic carboxylic acids is 1. The monoisotopic (exact) mass is 372 g/mol. The van der Waals surface area contributed by atoms with Gasteiger partial charge in [0.05, 0.1) is 5.39 Å². The van der Waals surface area contributed by atoms with Gasteiger partial charge in [-0.3, -0.25) is 0 Å². The highest BCUT2D eigenvalue weighted by molar-refractivity contribution is 6.07. The van der Waals surface area contributed by atoms with E-state index in [4.69, 9.17) is 11.5 Å². The van der Waals surface area contributed by atoms with Crippen LogP contribution in [-0.2, 0) is 0 Å². The van der Waals surface area contributed by atoms with Crippen molar-refractivity contribution in [3.63, 3.8) is 0 Å². The number of fused-ring (bicyclic) bond motifs is 2. The average molecular weight is 372 g/mol. The number of H-pyrrole nitrogens is 1. The second-order valence-electron chi connectivity index (χ2n) is 6.46. The number of pyridine rings is 1. The maximum absolute atomic E-state index is 11.7. The molecule has 0 atom stereocenters. The summed E-state index contributed by atoms with van der Waals surface area (Å²) in [6.45, 7) is 0. The third-order valence-corrected chi connectivity index (χ3v) is 4.74. The average Bonchev–Trinajstić information content (AvgIpc) is 2.67. The van der Waals surface area contributed by atoms with Gasteiger partial charge < -0.3 is 21.7 Å². The van der Waals surface area contributed by atoms with Gasteiger partial charge in [0, 0.05) is 28.9 Å². The van der Waals surface area contributed by atoms with Gasteiger partial charge in [-0.25, -0.2) is 9.78 Å². The minimum atomic E-state index is -1.19. The van der Waals surface area contributed by atoms with Crippen molar-refractivity contribution in [2.45, 2.75) is 0 Å². The number of aromatic nitrogens is 1. The molecule has 0 aliphatic heterocycles. The number of nitrogen functional groups attached to an aromatic ring is 2. The van der Waals surface area contributed by atoms with Crippen LogP contribution in [0.5, 0.6) is 5.75 Å². The van der Waals surface area contributed by atoms with Crippen LogP contribution in [0.25, 0.3) is 33.8 Å². The summed E-state index contributed by atoms with van der Waals surface area (Å²) in [5.74, 6) is -1.51. The standard InChI is InChI=1S/C22H17N3O3/c23-15-6-3-5-13-12(8-10-16(24)19(13)15)9-11-18-21(26)20(22(27)28)14-4-1-2-7-17(14)25-18/h1-11,26H,23-24H2,(H,27,28)/p+1. The molecule has 138 valence electrons. The van der Waals surface area contributed by atoms with Gasteiger partial charge in [0.2, 0.25) is 17.0 Å². The van der Waals surface area contributed by atoms with Gasteiger partial charge in [0.25, 0.3) is 0 Å².